The van der Waals surface area contributed by atoms with E-state index in [-0.39, 0.29) is 24.4 Å². The van der Waals surface area contributed by atoms with E-state index in [1.807, 2.05) is 31.3 Å². The highest BCUT2D eigenvalue weighted by atomic mass is 32.2. The molecule has 0 spiro atoms. The van der Waals surface area contributed by atoms with Crippen molar-refractivity contribution in [3.8, 4) is 11.1 Å². The van der Waals surface area contributed by atoms with E-state index >= 15 is 0 Å². The highest BCUT2D eigenvalue weighted by Crippen LogP contribution is 2.45. The van der Waals surface area contributed by atoms with Gasteiger partial charge in [-0.3, -0.25) is 9.59 Å². The number of benzene rings is 2. The van der Waals surface area contributed by atoms with Crippen molar-refractivity contribution >= 4 is 23.6 Å². The molecule has 2 aliphatic rings. The predicted molar refractivity (Wildman–Crippen MR) is 95.5 cm³/mol. The van der Waals surface area contributed by atoms with Crippen molar-refractivity contribution in [1.29, 1.82) is 0 Å². The third-order valence-corrected chi connectivity index (χ3v) is 5.68. The van der Waals surface area contributed by atoms with E-state index in [9.17, 15) is 9.59 Å². The largest absolute Gasteiger partial charge is 0.333 e. The normalized spacial score (nSPS) is 16.2. The van der Waals surface area contributed by atoms with Crippen molar-refractivity contribution < 1.29 is 9.59 Å². The fraction of sp³-hybridized carbons (Fsp3) is 0.263. The van der Waals surface area contributed by atoms with E-state index in [4.69, 9.17) is 0 Å². The molecule has 24 heavy (non-hydrogen) atoms. The Hall–Kier alpha value is -2.27. The van der Waals surface area contributed by atoms with Gasteiger partial charge >= 0.3 is 0 Å². The van der Waals surface area contributed by atoms with Crippen molar-refractivity contribution in [1.82, 2.24) is 9.80 Å². The number of rotatable bonds is 3. The lowest BCUT2D eigenvalue weighted by Crippen LogP contribution is -2.40. The van der Waals surface area contributed by atoms with Crippen LogP contribution in [0.4, 0.5) is 0 Å². The number of fused-ring (bicyclic) bond motifs is 3. The number of hydrogen-bond donors (Lipinski definition) is 0. The molecule has 0 bridgehead atoms. The number of likely N-dealkylation sites (N-methyl/N-ethyl adjacent to an activating group) is 1. The molecular formula is C19H18N2O2S. The second-order valence-corrected chi connectivity index (χ2v) is 7.11. The Labute approximate surface area is 145 Å². The van der Waals surface area contributed by atoms with Gasteiger partial charge in [0.2, 0.25) is 11.8 Å². The maximum absolute atomic E-state index is 12.8. The first-order chi connectivity index (χ1) is 11.7. The smallest absolute Gasteiger partial charge is 0.242 e. The van der Waals surface area contributed by atoms with E-state index in [1.165, 1.54) is 11.1 Å². The first-order valence-electron chi connectivity index (χ1n) is 7.96. The van der Waals surface area contributed by atoms with Crippen LogP contribution in [-0.4, -0.2) is 46.8 Å². The molecule has 2 aromatic carbocycles. The SMILES string of the molecule is CN(C(=O)CN1CSCC1=O)C1c2ccccc2-c2ccccc21. The molecule has 1 heterocycles. The van der Waals surface area contributed by atoms with Crippen molar-refractivity contribution in [2.75, 3.05) is 25.2 Å². The van der Waals surface area contributed by atoms with Crippen LogP contribution in [0.15, 0.2) is 48.5 Å². The predicted octanol–water partition coefficient (Wildman–Crippen LogP) is 2.75. The first-order valence-corrected chi connectivity index (χ1v) is 9.11. The standard InChI is InChI=1S/C19H18N2O2S/c1-20(17(22)10-21-12-24-11-18(21)23)19-15-8-4-2-6-13(15)14-7-3-5-9-16(14)19/h2-9,19H,10-12H2,1H3. The van der Waals surface area contributed by atoms with Gasteiger partial charge in [0.25, 0.3) is 0 Å². The van der Waals surface area contributed by atoms with Crippen molar-refractivity contribution in [2.24, 2.45) is 0 Å². The fourth-order valence-corrected chi connectivity index (χ4v) is 4.41. The molecule has 0 N–H and O–H groups in total. The molecule has 0 radical (unpaired) electrons. The Balaban J connectivity index is 1.65. The monoisotopic (exact) mass is 338 g/mol. The summed E-state index contributed by atoms with van der Waals surface area (Å²) in [7, 11) is 1.83. The Morgan fingerprint density at radius 2 is 1.71 bits per heavy atom. The molecule has 4 nitrogen and oxygen atoms in total. The van der Waals surface area contributed by atoms with Crippen molar-refractivity contribution in [3.63, 3.8) is 0 Å². The van der Waals surface area contributed by atoms with Gasteiger partial charge in [-0.05, 0) is 22.3 Å². The topological polar surface area (TPSA) is 40.6 Å². The van der Waals surface area contributed by atoms with Crippen LogP contribution < -0.4 is 0 Å². The van der Waals surface area contributed by atoms with Crippen LogP contribution in [0.2, 0.25) is 0 Å². The summed E-state index contributed by atoms with van der Waals surface area (Å²) in [5.74, 6) is 1.11. The third-order valence-electron chi connectivity index (χ3n) is 4.73. The zero-order chi connectivity index (χ0) is 16.7. The molecular weight excluding hydrogens is 320 g/mol. The number of hydrogen-bond acceptors (Lipinski definition) is 3. The third kappa shape index (κ3) is 2.40. The zero-order valence-corrected chi connectivity index (χ0v) is 14.3. The van der Waals surface area contributed by atoms with Gasteiger partial charge in [0, 0.05) is 7.05 Å². The summed E-state index contributed by atoms with van der Waals surface area (Å²) in [6.07, 6.45) is 0. The van der Waals surface area contributed by atoms with Gasteiger partial charge in [-0.15, -0.1) is 11.8 Å². The minimum atomic E-state index is -0.0877. The summed E-state index contributed by atoms with van der Waals surface area (Å²) < 4.78 is 0. The molecule has 0 saturated carbocycles. The zero-order valence-electron chi connectivity index (χ0n) is 13.4. The van der Waals surface area contributed by atoms with Crippen LogP contribution in [0.5, 0.6) is 0 Å². The minimum Gasteiger partial charge on any atom is -0.333 e. The van der Waals surface area contributed by atoms with Crippen LogP contribution in [-0.2, 0) is 9.59 Å². The average Bonchev–Trinajstić information content (AvgIpc) is 3.15. The minimum absolute atomic E-state index is 0.0256. The molecule has 0 aromatic heterocycles. The molecule has 122 valence electrons. The van der Waals surface area contributed by atoms with Crippen molar-refractivity contribution in [2.45, 2.75) is 6.04 Å². The van der Waals surface area contributed by atoms with Crippen LogP contribution in [0.3, 0.4) is 0 Å². The summed E-state index contributed by atoms with van der Waals surface area (Å²) in [6, 6.07) is 16.4. The van der Waals surface area contributed by atoms with Crippen LogP contribution >= 0.6 is 11.8 Å². The van der Waals surface area contributed by atoms with Crippen LogP contribution in [0.1, 0.15) is 17.2 Å². The Morgan fingerprint density at radius 3 is 2.25 bits per heavy atom. The lowest BCUT2D eigenvalue weighted by molar-refractivity contribution is -0.138. The molecule has 4 rings (SSSR count). The van der Waals surface area contributed by atoms with E-state index in [2.05, 4.69) is 24.3 Å². The van der Waals surface area contributed by atoms with Gasteiger partial charge in [-0.25, -0.2) is 0 Å². The molecule has 0 atom stereocenters. The molecule has 1 fully saturated rings. The molecule has 2 amide bonds. The molecule has 1 aliphatic heterocycles. The Morgan fingerprint density at radius 1 is 1.12 bits per heavy atom. The lowest BCUT2D eigenvalue weighted by Gasteiger charge is -2.28. The van der Waals surface area contributed by atoms with Gasteiger partial charge in [0.05, 0.1) is 17.7 Å². The second kappa shape index (κ2) is 5.98. The molecule has 1 aliphatic carbocycles. The molecule has 2 aromatic rings. The van der Waals surface area contributed by atoms with Gasteiger partial charge in [0.1, 0.15) is 6.54 Å². The van der Waals surface area contributed by atoms with Crippen molar-refractivity contribution in [3.05, 3.63) is 59.7 Å². The van der Waals surface area contributed by atoms with E-state index in [0.717, 1.165) is 11.1 Å². The number of carbonyl (C=O) groups is 2. The summed E-state index contributed by atoms with van der Waals surface area (Å²) >= 11 is 1.56. The highest BCUT2D eigenvalue weighted by molar-refractivity contribution is 8.00. The maximum atomic E-state index is 12.8. The van der Waals surface area contributed by atoms with Crippen LogP contribution in [0.25, 0.3) is 11.1 Å². The molecule has 1 saturated heterocycles. The molecule has 0 unspecified atom stereocenters. The number of amides is 2. The summed E-state index contributed by atoms with van der Waals surface area (Å²) in [5.41, 5.74) is 4.67. The van der Waals surface area contributed by atoms with Crippen LogP contribution in [0, 0.1) is 0 Å². The highest BCUT2D eigenvalue weighted by Gasteiger charge is 2.34. The Bertz CT molecular complexity index is 775. The van der Waals surface area contributed by atoms with Gasteiger partial charge in [0.15, 0.2) is 0 Å². The number of thioether (sulfide) groups is 1. The first kappa shape index (κ1) is 15.3. The van der Waals surface area contributed by atoms with Gasteiger partial charge in [-0.1, -0.05) is 48.5 Å². The summed E-state index contributed by atoms with van der Waals surface area (Å²) in [6.45, 7) is 0.156. The quantitative estimate of drug-likeness (QED) is 0.864. The average molecular weight is 338 g/mol. The van der Waals surface area contributed by atoms with Gasteiger partial charge in [-0.2, -0.15) is 0 Å². The van der Waals surface area contributed by atoms with E-state index in [0.29, 0.717) is 11.6 Å². The fourth-order valence-electron chi connectivity index (χ4n) is 3.51. The second-order valence-electron chi connectivity index (χ2n) is 6.15. The lowest BCUT2D eigenvalue weighted by atomic mass is 10.0. The number of carbonyl (C=O) groups excluding carboxylic acids is 2. The number of nitrogens with zero attached hydrogens (tertiary/aromatic N) is 2. The van der Waals surface area contributed by atoms with E-state index in [1.54, 1.807) is 21.6 Å². The Kier molecular flexibility index (Phi) is 3.81. The van der Waals surface area contributed by atoms with E-state index < -0.39 is 0 Å². The maximum Gasteiger partial charge on any atom is 0.242 e. The molecule has 5 heteroatoms. The summed E-state index contributed by atoms with van der Waals surface area (Å²) in [4.78, 5) is 28.0. The summed E-state index contributed by atoms with van der Waals surface area (Å²) in [5, 5.41) is 0. The van der Waals surface area contributed by atoms with Gasteiger partial charge < -0.3 is 9.80 Å².